The standard InChI is InChI=1S/C14H11ClFN3O2/c1-7(2)11-12(15)18-14(21)19(13(11)20)10-5-3-4-9(16)8(10)6-17/h3-5,7H,1-2H3,(H,18,21). The summed E-state index contributed by atoms with van der Waals surface area (Å²) in [6, 6.07) is 5.39. The van der Waals surface area contributed by atoms with Gasteiger partial charge in [0.1, 0.15) is 22.6 Å². The van der Waals surface area contributed by atoms with Crippen molar-refractivity contribution in [1.29, 1.82) is 5.26 Å². The van der Waals surface area contributed by atoms with Crippen LogP contribution in [0.25, 0.3) is 5.69 Å². The van der Waals surface area contributed by atoms with E-state index in [0.29, 0.717) is 0 Å². The minimum atomic E-state index is -0.823. The molecule has 1 aromatic carbocycles. The third-order valence-corrected chi connectivity index (χ3v) is 3.31. The van der Waals surface area contributed by atoms with Crippen molar-refractivity contribution in [3.63, 3.8) is 0 Å². The number of hydrogen-bond donors (Lipinski definition) is 1. The molecule has 0 spiro atoms. The number of nitrogens with zero attached hydrogens (tertiary/aromatic N) is 2. The van der Waals surface area contributed by atoms with Crippen LogP contribution in [0.5, 0.6) is 0 Å². The maximum atomic E-state index is 13.7. The van der Waals surface area contributed by atoms with Crippen molar-refractivity contribution in [2.24, 2.45) is 0 Å². The SMILES string of the molecule is CC(C)c1c(Cl)[nH]c(=O)n(-c2cccc(F)c2C#N)c1=O. The second-order valence-corrected chi connectivity index (χ2v) is 5.08. The third-order valence-electron chi connectivity index (χ3n) is 3.01. The van der Waals surface area contributed by atoms with Gasteiger partial charge in [0.2, 0.25) is 0 Å². The van der Waals surface area contributed by atoms with Gasteiger partial charge in [-0.15, -0.1) is 0 Å². The molecule has 0 fully saturated rings. The number of aromatic nitrogens is 2. The summed E-state index contributed by atoms with van der Waals surface area (Å²) in [5.41, 5.74) is -1.77. The maximum Gasteiger partial charge on any atom is 0.334 e. The monoisotopic (exact) mass is 307 g/mol. The van der Waals surface area contributed by atoms with Crippen molar-refractivity contribution in [2.75, 3.05) is 0 Å². The van der Waals surface area contributed by atoms with Gasteiger partial charge in [-0.05, 0) is 18.1 Å². The first-order chi connectivity index (χ1) is 9.88. The predicted octanol–water partition coefficient (Wildman–Crippen LogP) is 2.31. The number of H-pyrrole nitrogens is 1. The molecule has 0 bridgehead atoms. The van der Waals surface area contributed by atoms with Crippen LogP contribution in [0.4, 0.5) is 4.39 Å². The molecule has 7 heteroatoms. The Balaban J connectivity index is 2.94. The van der Waals surface area contributed by atoms with Crippen LogP contribution in [0, 0.1) is 17.1 Å². The number of nitriles is 1. The molecule has 1 heterocycles. The van der Waals surface area contributed by atoms with E-state index in [1.54, 1.807) is 19.9 Å². The summed E-state index contributed by atoms with van der Waals surface area (Å²) in [7, 11) is 0. The minimum Gasteiger partial charge on any atom is -0.297 e. The molecule has 0 atom stereocenters. The van der Waals surface area contributed by atoms with Gasteiger partial charge in [0.15, 0.2) is 0 Å². The van der Waals surface area contributed by atoms with Crippen molar-refractivity contribution in [2.45, 2.75) is 19.8 Å². The van der Waals surface area contributed by atoms with Gasteiger partial charge in [-0.1, -0.05) is 31.5 Å². The van der Waals surface area contributed by atoms with Gasteiger partial charge in [0.05, 0.1) is 11.3 Å². The lowest BCUT2D eigenvalue weighted by atomic mass is 10.1. The first-order valence-electron chi connectivity index (χ1n) is 6.12. The maximum absolute atomic E-state index is 13.7. The van der Waals surface area contributed by atoms with Crippen molar-refractivity contribution < 1.29 is 4.39 Å². The first-order valence-corrected chi connectivity index (χ1v) is 6.50. The Morgan fingerprint density at radius 3 is 2.62 bits per heavy atom. The first kappa shape index (κ1) is 15.0. The van der Waals surface area contributed by atoms with E-state index in [9.17, 15) is 14.0 Å². The fraction of sp³-hybridized carbons (Fsp3) is 0.214. The largest absolute Gasteiger partial charge is 0.334 e. The Labute approximate surface area is 124 Å². The number of rotatable bonds is 2. The molecule has 1 N–H and O–H groups in total. The zero-order valence-electron chi connectivity index (χ0n) is 11.3. The van der Waals surface area contributed by atoms with Crippen LogP contribution in [0.1, 0.15) is 30.9 Å². The molecule has 108 valence electrons. The molecule has 0 radical (unpaired) electrons. The van der Waals surface area contributed by atoms with Crippen LogP contribution in [0.2, 0.25) is 5.15 Å². The van der Waals surface area contributed by atoms with E-state index in [0.717, 1.165) is 10.6 Å². The highest BCUT2D eigenvalue weighted by molar-refractivity contribution is 6.30. The number of hydrogen-bond acceptors (Lipinski definition) is 3. The molecule has 0 aliphatic heterocycles. The highest BCUT2D eigenvalue weighted by Crippen LogP contribution is 2.19. The second-order valence-electron chi connectivity index (χ2n) is 4.70. The van der Waals surface area contributed by atoms with E-state index >= 15 is 0 Å². The summed E-state index contributed by atoms with van der Waals surface area (Å²) in [6.07, 6.45) is 0. The molecule has 21 heavy (non-hydrogen) atoms. The van der Waals surface area contributed by atoms with Gasteiger partial charge in [-0.2, -0.15) is 5.26 Å². The lowest BCUT2D eigenvalue weighted by Crippen LogP contribution is -2.37. The van der Waals surface area contributed by atoms with Gasteiger partial charge in [-0.3, -0.25) is 9.78 Å². The summed E-state index contributed by atoms with van der Waals surface area (Å²) in [5, 5.41) is 8.98. The Morgan fingerprint density at radius 1 is 1.38 bits per heavy atom. The van der Waals surface area contributed by atoms with Crippen molar-refractivity contribution in [3.8, 4) is 11.8 Å². The van der Waals surface area contributed by atoms with Crippen molar-refractivity contribution in [3.05, 3.63) is 61.1 Å². The van der Waals surface area contributed by atoms with Crippen LogP contribution < -0.4 is 11.2 Å². The Kier molecular flexibility index (Phi) is 3.96. The van der Waals surface area contributed by atoms with Crippen LogP contribution >= 0.6 is 11.6 Å². The lowest BCUT2D eigenvalue weighted by molar-refractivity contribution is 0.621. The molecule has 1 aromatic heterocycles. The van der Waals surface area contributed by atoms with E-state index in [1.807, 2.05) is 0 Å². The Morgan fingerprint density at radius 2 is 2.05 bits per heavy atom. The molecular weight excluding hydrogens is 297 g/mol. The molecule has 0 aliphatic rings. The molecule has 2 aromatic rings. The molecule has 0 amide bonds. The van der Waals surface area contributed by atoms with Crippen molar-refractivity contribution >= 4 is 11.6 Å². The van der Waals surface area contributed by atoms with Gasteiger partial charge in [0.25, 0.3) is 5.56 Å². The van der Waals surface area contributed by atoms with E-state index in [1.165, 1.54) is 12.1 Å². The smallest absolute Gasteiger partial charge is 0.297 e. The Hall–Kier alpha value is -2.39. The zero-order valence-corrected chi connectivity index (χ0v) is 12.0. The summed E-state index contributed by atoms with van der Waals surface area (Å²) in [6.45, 7) is 3.48. The van der Waals surface area contributed by atoms with Gasteiger partial charge in [-0.25, -0.2) is 13.8 Å². The highest BCUT2D eigenvalue weighted by Gasteiger charge is 2.19. The van der Waals surface area contributed by atoms with Crippen LogP contribution in [-0.4, -0.2) is 9.55 Å². The number of nitrogens with one attached hydrogen (secondary N) is 1. The van der Waals surface area contributed by atoms with Crippen LogP contribution in [0.3, 0.4) is 0 Å². The molecular formula is C14H11ClFN3O2. The molecule has 0 saturated heterocycles. The number of halogens is 2. The predicted molar refractivity (Wildman–Crippen MR) is 76.4 cm³/mol. The van der Waals surface area contributed by atoms with Crippen molar-refractivity contribution in [1.82, 2.24) is 9.55 Å². The van der Waals surface area contributed by atoms with Crippen LogP contribution in [0.15, 0.2) is 27.8 Å². The minimum absolute atomic E-state index is 0.0499. The van der Waals surface area contributed by atoms with E-state index < -0.39 is 17.1 Å². The summed E-state index contributed by atoms with van der Waals surface area (Å²) < 4.78 is 14.4. The summed E-state index contributed by atoms with van der Waals surface area (Å²) >= 11 is 5.89. The van der Waals surface area contributed by atoms with Gasteiger partial charge >= 0.3 is 5.69 Å². The third kappa shape index (κ3) is 2.48. The van der Waals surface area contributed by atoms with Gasteiger partial charge in [0, 0.05) is 0 Å². The average Bonchev–Trinajstić information content (AvgIpc) is 2.37. The van der Waals surface area contributed by atoms with E-state index in [2.05, 4.69) is 4.98 Å². The molecule has 0 saturated carbocycles. The van der Waals surface area contributed by atoms with E-state index in [4.69, 9.17) is 16.9 Å². The number of aromatic amines is 1. The van der Waals surface area contributed by atoms with Crippen LogP contribution in [-0.2, 0) is 0 Å². The average molecular weight is 308 g/mol. The van der Waals surface area contributed by atoms with E-state index in [-0.39, 0.29) is 27.9 Å². The Bertz CT molecular complexity index is 862. The van der Waals surface area contributed by atoms with Gasteiger partial charge < -0.3 is 0 Å². The summed E-state index contributed by atoms with van der Waals surface area (Å²) in [4.78, 5) is 26.8. The normalized spacial score (nSPS) is 10.7. The molecule has 0 unspecified atom stereocenters. The molecule has 2 rings (SSSR count). The molecule has 5 nitrogen and oxygen atoms in total. The fourth-order valence-corrected chi connectivity index (χ4v) is 2.43. The molecule has 0 aliphatic carbocycles. The second kappa shape index (κ2) is 5.54. The topological polar surface area (TPSA) is 78.7 Å². The number of benzene rings is 1. The quantitative estimate of drug-likeness (QED) is 0.865. The fourth-order valence-electron chi connectivity index (χ4n) is 2.05. The summed E-state index contributed by atoms with van der Waals surface area (Å²) in [5.74, 6) is -1.05. The lowest BCUT2D eigenvalue weighted by Gasteiger charge is -2.12. The highest BCUT2D eigenvalue weighted by atomic mass is 35.5. The zero-order chi connectivity index (χ0) is 15.7.